The summed E-state index contributed by atoms with van der Waals surface area (Å²) in [6.45, 7) is 0. The van der Waals surface area contributed by atoms with E-state index in [9.17, 15) is 19.1 Å². The van der Waals surface area contributed by atoms with Crippen LogP contribution in [0.15, 0.2) is 54.1 Å². The first-order valence-electron chi connectivity index (χ1n) is 7.16. The van der Waals surface area contributed by atoms with E-state index in [0.29, 0.717) is 16.1 Å². The molecule has 0 saturated carbocycles. The second-order valence-electron chi connectivity index (χ2n) is 5.47. The van der Waals surface area contributed by atoms with Crippen molar-refractivity contribution in [3.05, 3.63) is 76.1 Å². The number of carbonyl (C=O) groups is 2. The molecule has 0 bridgehead atoms. The minimum absolute atomic E-state index is 0.0311. The Labute approximate surface area is 142 Å². The molecule has 0 unspecified atom stereocenters. The monoisotopic (exact) mass is 345 g/mol. The number of likely N-dealkylation sites (tertiary alicyclic amines) is 1. The Kier molecular flexibility index (Phi) is 4.11. The van der Waals surface area contributed by atoms with E-state index in [0.717, 1.165) is 0 Å². The van der Waals surface area contributed by atoms with Crippen LogP contribution >= 0.6 is 11.6 Å². The highest BCUT2D eigenvalue weighted by atomic mass is 35.5. The number of halogens is 2. The first-order valence-corrected chi connectivity index (χ1v) is 7.54. The van der Waals surface area contributed by atoms with Crippen LogP contribution in [-0.2, 0) is 9.59 Å². The number of likely N-dealkylation sites (N-methyl/N-ethyl adjacent to an activating group) is 1. The maximum atomic E-state index is 13.2. The van der Waals surface area contributed by atoms with Gasteiger partial charge in [0.05, 0.1) is 11.6 Å². The van der Waals surface area contributed by atoms with Crippen LogP contribution in [0.25, 0.3) is 5.76 Å². The fraction of sp³-hybridized carbons (Fsp3) is 0.111. The number of rotatable bonds is 2. The maximum absolute atomic E-state index is 13.2. The van der Waals surface area contributed by atoms with Gasteiger partial charge in [-0.05, 0) is 42.0 Å². The van der Waals surface area contributed by atoms with Gasteiger partial charge in [0.15, 0.2) is 0 Å². The van der Waals surface area contributed by atoms with Crippen LogP contribution in [0.5, 0.6) is 0 Å². The molecule has 0 radical (unpaired) electrons. The average molecular weight is 346 g/mol. The summed E-state index contributed by atoms with van der Waals surface area (Å²) in [4.78, 5) is 25.7. The zero-order valence-corrected chi connectivity index (χ0v) is 13.4. The van der Waals surface area contributed by atoms with E-state index < -0.39 is 23.5 Å². The molecular weight excluding hydrogens is 333 g/mol. The summed E-state index contributed by atoms with van der Waals surface area (Å²) >= 11 is 5.83. The highest BCUT2D eigenvalue weighted by molar-refractivity contribution is 6.46. The van der Waals surface area contributed by atoms with Gasteiger partial charge in [-0.25, -0.2) is 4.39 Å². The van der Waals surface area contributed by atoms with Gasteiger partial charge in [0.2, 0.25) is 0 Å². The predicted molar refractivity (Wildman–Crippen MR) is 87.9 cm³/mol. The van der Waals surface area contributed by atoms with Crippen LogP contribution in [0.3, 0.4) is 0 Å². The van der Waals surface area contributed by atoms with Gasteiger partial charge in [0.1, 0.15) is 11.6 Å². The van der Waals surface area contributed by atoms with E-state index >= 15 is 0 Å². The average Bonchev–Trinajstić information content (AvgIpc) is 2.80. The Morgan fingerprint density at radius 2 is 1.67 bits per heavy atom. The molecule has 3 rings (SSSR count). The Bertz CT molecular complexity index is 844. The quantitative estimate of drug-likeness (QED) is 0.514. The molecule has 0 aromatic heterocycles. The van der Waals surface area contributed by atoms with Gasteiger partial charge in [-0.1, -0.05) is 23.7 Å². The normalized spacial score (nSPS) is 19.8. The third kappa shape index (κ3) is 2.67. The molecule has 1 heterocycles. The van der Waals surface area contributed by atoms with E-state index in [4.69, 9.17) is 11.6 Å². The zero-order valence-electron chi connectivity index (χ0n) is 12.7. The summed E-state index contributed by atoms with van der Waals surface area (Å²) < 4.78 is 13.2. The summed E-state index contributed by atoms with van der Waals surface area (Å²) in [5.74, 6) is -2.22. The van der Waals surface area contributed by atoms with E-state index in [1.165, 1.54) is 36.2 Å². The molecule has 1 saturated heterocycles. The molecule has 2 aromatic carbocycles. The lowest BCUT2D eigenvalue weighted by Gasteiger charge is -2.21. The zero-order chi connectivity index (χ0) is 17.4. The van der Waals surface area contributed by atoms with Crippen LogP contribution in [0, 0.1) is 5.82 Å². The molecule has 1 aliphatic heterocycles. The number of carbonyl (C=O) groups excluding carboxylic acids is 2. The van der Waals surface area contributed by atoms with Gasteiger partial charge in [0.25, 0.3) is 11.7 Å². The van der Waals surface area contributed by atoms with Gasteiger partial charge in [-0.2, -0.15) is 0 Å². The fourth-order valence-electron chi connectivity index (χ4n) is 2.75. The smallest absolute Gasteiger partial charge is 0.295 e. The van der Waals surface area contributed by atoms with Crippen molar-refractivity contribution in [2.24, 2.45) is 0 Å². The number of aliphatic hydroxyl groups excluding tert-OH is 1. The Hall–Kier alpha value is -2.66. The van der Waals surface area contributed by atoms with Crippen LogP contribution < -0.4 is 0 Å². The van der Waals surface area contributed by atoms with E-state index in [-0.39, 0.29) is 11.3 Å². The van der Waals surface area contributed by atoms with Crippen molar-refractivity contribution in [3.8, 4) is 0 Å². The molecule has 1 aliphatic rings. The highest BCUT2D eigenvalue weighted by Crippen LogP contribution is 2.38. The predicted octanol–water partition coefficient (Wildman–Crippen LogP) is 3.53. The van der Waals surface area contributed by atoms with Gasteiger partial charge in [-0.3, -0.25) is 9.59 Å². The summed E-state index contributed by atoms with van der Waals surface area (Å²) in [6, 6.07) is 10.9. The molecule has 0 spiro atoms. The number of aliphatic hydroxyl groups is 1. The maximum Gasteiger partial charge on any atom is 0.295 e. The second kappa shape index (κ2) is 6.09. The molecule has 6 heteroatoms. The number of ketones is 1. The van der Waals surface area contributed by atoms with Crippen molar-refractivity contribution >= 4 is 29.1 Å². The third-order valence-corrected chi connectivity index (χ3v) is 4.23. The summed E-state index contributed by atoms with van der Waals surface area (Å²) in [5.41, 5.74) is 0.878. The largest absolute Gasteiger partial charge is 0.507 e. The van der Waals surface area contributed by atoms with Gasteiger partial charge in [0, 0.05) is 17.6 Å². The fourth-order valence-corrected chi connectivity index (χ4v) is 2.87. The number of hydrogen-bond donors (Lipinski definition) is 1. The molecule has 1 atom stereocenters. The number of Topliss-reactive ketones (excluding diaryl/α,β-unsaturated/α-hetero) is 1. The van der Waals surface area contributed by atoms with Crippen molar-refractivity contribution in [1.82, 2.24) is 4.90 Å². The lowest BCUT2D eigenvalue weighted by molar-refractivity contribution is -0.139. The molecule has 1 fully saturated rings. The number of benzene rings is 2. The molecule has 1 amide bonds. The Balaban J connectivity index is 2.16. The van der Waals surface area contributed by atoms with Crippen molar-refractivity contribution in [2.45, 2.75) is 6.04 Å². The minimum Gasteiger partial charge on any atom is -0.507 e. The Morgan fingerprint density at radius 3 is 2.25 bits per heavy atom. The number of nitrogens with zero attached hydrogens (tertiary/aromatic N) is 1. The molecule has 122 valence electrons. The van der Waals surface area contributed by atoms with E-state index in [2.05, 4.69) is 0 Å². The molecule has 4 nitrogen and oxygen atoms in total. The number of hydrogen-bond acceptors (Lipinski definition) is 3. The van der Waals surface area contributed by atoms with E-state index in [1.807, 2.05) is 0 Å². The van der Waals surface area contributed by atoms with Crippen molar-refractivity contribution in [3.63, 3.8) is 0 Å². The topological polar surface area (TPSA) is 57.6 Å². The summed E-state index contributed by atoms with van der Waals surface area (Å²) in [5, 5.41) is 11.1. The molecule has 0 aliphatic carbocycles. The van der Waals surface area contributed by atoms with Gasteiger partial charge in [-0.15, -0.1) is 0 Å². The third-order valence-electron chi connectivity index (χ3n) is 3.98. The molecule has 24 heavy (non-hydrogen) atoms. The van der Waals surface area contributed by atoms with Crippen LogP contribution in [0.1, 0.15) is 17.2 Å². The van der Waals surface area contributed by atoms with Crippen LogP contribution in [0.2, 0.25) is 5.02 Å². The van der Waals surface area contributed by atoms with Crippen molar-refractivity contribution < 1.29 is 19.1 Å². The van der Waals surface area contributed by atoms with E-state index in [1.54, 1.807) is 24.3 Å². The van der Waals surface area contributed by atoms with Crippen LogP contribution in [0.4, 0.5) is 4.39 Å². The lowest BCUT2D eigenvalue weighted by atomic mass is 9.95. The highest BCUT2D eigenvalue weighted by Gasteiger charge is 2.44. The lowest BCUT2D eigenvalue weighted by Crippen LogP contribution is -2.24. The summed E-state index contributed by atoms with van der Waals surface area (Å²) in [7, 11) is 1.47. The SMILES string of the molecule is CN1C(=O)C(=O)/C(=C(/O)c2ccc(Cl)cc2)[C@@H]1c1ccc(F)cc1. The second-order valence-corrected chi connectivity index (χ2v) is 5.90. The van der Waals surface area contributed by atoms with Gasteiger partial charge < -0.3 is 10.0 Å². The standard InChI is InChI=1S/C18H13ClFNO3/c1-21-15(10-4-8-13(20)9-5-10)14(17(23)18(21)24)16(22)11-2-6-12(19)7-3-11/h2-9,15,22H,1H3/b16-14+/t15-/m0/s1. The molecular formula is C18H13ClFNO3. The van der Waals surface area contributed by atoms with Crippen LogP contribution in [-0.4, -0.2) is 28.7 Å². The first kappa shape index (κ1) is 16.2. The molecule has 1 N–H and O–H groups in total. The van der Waals surface area contributed by atoms with Gasteiger partial charge >= 0.3 is 0 Å². The summed E-state index contributed by atoms with van der Waals surface area (Å²) in [6.07, 6.45) is 0. The first-order chi connectivity index (χ1) is 11.4. The minimum atomic E-state index is -0.778. The van der Waals surface area contributed by atoms with Crippen molar-refractivity contribution in [1.29, 1.82) is 0 Å². The van der Waals surface area contributed by atoms with Crippen molar-refractivity contribution in [2.75, 3.05) is 7.05 Å². The molecule has 2 aromatic rings. The Morgan fingerprint density at radius 1 is 1.08 bits per heavy atom. The number of amides is 1.